The number of hydrogen-bond acceptors (Lipinski definition) is 7. The second-order valence-electron chi connectivity index (χ2n) is 11.7. The number of carboxylic acid groups (broad SMARTS) is 1. The van der Waals surface area contributed by atoms with E-state index in [1.807, 2.05) is 0 Å². The van der Waals surface area contributed by atoms with Crippen LogP contribution in [0.4, 0.5) is 29.3 Å². The molecular formula is C32H40F3N5O8. The monoisotopic (exact) mass is 679 g/mol. The number of urea groups is 1. The van der Waals surface area contributed by atoms with E-state index in [9.17, 15) is 47.0 Å². The van der Waals surface area contributed by atoms with Gasteiger partial charge in [0.1, 0.15) is 18.1 Å². The Hall–Kier alpha value is -5.15. The van der Waals surface area contributed by atoms with Crippen LogP contribution in [0.1, 0.15) is 51.7 Å². The molecule has 2 aromatic carbocycles. The third-order valence-corrected chi connectivity index (χ3v) is 6.85. The normalized spacial score (nSPS) is 13.1. The number of esters is 1. The fourth-order valence-electron chi connectivity index (χ4n) is 4.50. The predicted molar refractivity (Wildman–Crippen MR) is 169 cm³/mol. The Balaban J connectivity index is 2.07. The maximum absolute atomic E-state index is 13.2. The number of ether oxygens (including phenoxy) is 1. The first-order valence-electron chi connectivity index (χ1n) is 14.9. The number of benzene rings is 2. The standard InChI is InChI=1S/C32H40F3N5O8/c1-17(2)14-23(28(44)38-24(16-26(42)43)29(45)40-27(18(3)4)30(46)48-5)37-25(41)15-19-10-12-20(13-11-19)36-31(47)39-22-9-7-6-8-21(22)32(33,34)35/h6-13,17-18,23-24,27H,14-16H2,1-5H3,(H,37,41)(H,38,44)(H,40,45)(H,42,43)(H2,36,39,47)/t23-,24-,27-/m0/s1. The summed E-state index contributed by atoms with van der Waals surface area (Å²) in [5.74, 6) is -4.95. The number of carbonyl (C=O) groups is 6. The van der Waals surface area contributed by atoms with Gasteiger partial charge in [-0.15, -0.1) is 0 Å². The second-order valence-corrected chi connectivity index (χ2v) is 11.7. The van der Waals surface area contributed by atoms with Crippen molar-refractivity contribution in [3.8, 4) is 0 Å². The number of alkyl halides is 3. The Bertz CT molecular complexity index is 1460. The van der Waals surface area contributed by atoms with Crippen LogP contribution in [0, 0.1) is 11.8 Å². The molecule has 0 aliphatic carbocycles. The average Bonchev–Trinajstić information content (AvgIpc) is 2.98. The van der Waals surface area contributed by atoms with Crippen LogP contribution in [0.5, 0.6) is 0 Å². The maximum Gasteiger partial charge on any atom is 0.418 e. The molecule has 48 heavy (non-hydrogen) atoms. The number of methoxy groups -OCH3 is 1. The molecule has 0 aliphatic heterocycles. The number of hydrogen-bond donors (Lipinski definition) is 6. The molecule has 0 heterocycles. The molecule has 3 atom stereocenters. The van der Waals surface area contributed by atoms with Crippen LogP contribution in [-0.4, -0.2) is 66.0 Å². The lowest BCUT2D eigenvalue weighted by molar-refractivity contribution is -0.147. The van der Waals surface area contributed by atoms with Gasteiger partial charge in [-0.2, -0.15) is 13.2 Å². The number of rotatable bonds is 15. The zero-order chi connectivity index (χ0) is 36.2. The van der Waals surface area contributed by atoms with E-state index in [1.165, 1.54) is 36.4 Å². The van der Waals surface area contributed by atoms with Crippen LogP contribution >= 0.6 is 0 Å². The largest absolute Gasteiger partial charge is 0.481 e. The molecule has 0 unspecified atom stereocenters. The molecule has 0 bridgehead atoms. The van der Waals surface area contributed by atoms with Gasteiger partial charge in [-0.3, -0.25) is 19.2 Å². The molecule has 0 saturated carbocycles. The zero-order valence-electron chi connectivity index (χ0n) is 27.1. The van der Waals surface area contributed by atoms with Crippen LogP contribution in [-0.2, 0) is 41.3 Å². The molecule has 0 aromatic heterocycles. The first-order chi connectivity index (χ1) is 22.4. The average molecular weight is 680 g/mol. The van der Waals surface area contributed by atoms with E-state index in [4.69, 9.17) is 4.74 Å². The quantitative estimate of drug-likeness (QED) is 0.154. The second kappa shape index (κ2) is 17.7. The lowest BCUT2D eigenvalue weighted by Gasteiger charge is -2.26. The minimum Gasteiger partial charge on any atom is -0.481 e. The SMILES string of the molecule is COC(=O)[C@@H](NC(=O)[C@H](CC(=O)O)NC(=O)[C@H](CC(C)C)NC(=O)Cc1ccc(NC(=O)Nc2ccccc2C(F)(F)F)cc1)C(C)C. The molecular weight excluding hydrogens is 639 g/mol. The summed E-state index contributed by atoms with van der Waals surface area (Å²) in [5.41, 5.74) is -0.736. The van der Waals surface area contributed by atoms with Crippen LogP contribution in [0.3, 0.4) is 0 Å². The number of halogens is 3. The van der Waals surface area contributed by atoms with Crippen LogP contribution in [0.15, 0.2) is 48.5 Å². The van der Waals surface area contributed by atoms with Gasteiger partial charge in [0.25, 0.3) is 0 Å². The van der Waals surface area contributed by atoms with Gasteiger partial charge in [-0.05, 0) is 48.1 Å². The lowest BCUT2D eigenvalue weighted by atomic mass is 10.0. The highest BCUT2D eigenvalue weighted by molar-refractivity contribution is 6.00. The van der Waals surface area contributed by atoms with E-state index >= 15 is 0 Å². The molecule has 16 heteroatoms. The van der Waals surface area contributed by atoms with Crippen molar-refractivity contribution in [1.82, 2.24) is 16.0 Å². The van der Waals surface area contributed by atoms with E-state index in [0.717, 1.165) is 19.2 Å². The topological polar surface area (TPSA) is 192 Å². The smallest absolute Gasteiger partial charge is 0.418 e. The molecule has 2 rings (SSSR count). The fraction of sp³-hybridized carbons (Fsp3) is 0.438. The van der Waals surface area contributed by atoms with Crippen LogP contribution < -0.4 is 26.6 Å². The van der Waals surface area contributed by atoms with E-state index in [1.54, 1.807) is 27.7 Å². The Morgan fingerprint density at radius 1 is 0.812 bits per heavy atom. The Kier molecular flexibility index (Phi) is 14.4. The third-order valence-electron chi connectivity index (χ3n) is 6.85. The first-order valence-corrected chi connectivity index (χ1v) is 14.9. The summed E-state index contributed by atoms with van der Waals surface area (Å²) in [7, 11) is 1.13. The van der Waals surface area contributed by atoms with Crippen molar-refractivity contribution >= 4 is 47.1 Å². The van der Waals surface area contributed by atoms with Gasteiger partial charge in [0.2, 0.25) is 17.7 Å². The number of carbonyl (C=O) groups excluding carboxylic acids is 5. The highest BCUT2D eigenvalue weighted by atomic mass is 19.4. The van der Waals surface area contributed by atoms with Crippen molar-refractivity contribution in [2.75, 3.05) is 17.7 Å². The van der Waals surface area contributed by atoms with Gasteiger partial charge in [0.05, 0.1) is 31.2 Å². The molecule has 0 radical (unpaired) electrons. The van der Waals surface area contributed by atoms with E-state index in [0.29, 0.717) is 5.56 Å². The van der Waals surface area contributed by atoms with Crippen molar-refractivity contribution in [3.63, 3.8) is 0 Å². The molecule has 0 saturated heterocycles. The zero-order valence-corrected chi connectivity index (χ0v) is 27.1. The summed E-state index contributed by atoms with van der Waals surface area (Å²) in [6, 6.07) is 5.64. The minimum atomic E-state index is -4.67. The molecule has 0 fully saturated rings. The molecule has 262 valence electrons. The van der Waals surface area contributed by atoms with E-state index in [2.05, 4.69) is 26.6 Å². The third kappa shape index (κ3) is 12.6. The van der Waals surface area contributed by atoms with E-state index < -0.39 is 83.6 Å². The van der Waals surface area contributed by atoms with Crippen LogP contribution in [0.25, 0.3) is 0 Å². The summed E-state index contributed by atoms with van der Waals surface area (Å²) in [6.07, 6.45) is -5.52. The van der Waals surface area contributed by atoms with Crippen molar-refractivity contribution in [2.24, 2.45) is 11.8 Å². The lowest BCUT2D eigenvalue weighted by Crippen LogP contribution is -2.57. The van der Waals surface area contributed by atoms with Gasteiger partial charge >= 0.3 is 24.1 Å². The van der Waals surface area contributed by atoms with Gasteiger partial charge in [-0.1, -0.05) is 52.0 Å². The number of nitrogens with one attached hydrogen (secondary N) is 5. The minimum absolute atomic E-state index is 0.1000. The van der Waals surface area contributed by atoms with Gasteiger partial charge in [0.15, 0.2) is 0 Å². The summed E-state index contributed by atoms with van der Waals surface area (Å²) in [4.78, 5) is 75.0. The molecule has 6 N–H and O–H groups in total. The number of carboxylic acids is 1. The molecule has 5 amide bonds. The highest BCUT2D eigenvalue weighted by Crippen LogP contribution is 2.34. The summed E-state index contributed by atoms with van der Waals surface area (Å²) < 4.78 is 44.3. The first kappa shape index (κ1) is 39.0. The predicted octanol–water partition coefficient (Wildman–Crippen LogP) is 3.70. The maximum atomic E-state index is 13.2. The molecule has 0 aliphatic rings. The van der Waals surface area contributed by atoms with E-state index in [-0.39, 0.29) is 24.4 Å². The number of amides is 5. The number of para-hydroxylation sites is 1. The van der Waals surface area contributed by atoms with Crippen molar-refractivity contribution in [3.05, 3.63) is 59.7 Å². The number of anilines is 2. The van der Waals surface area contributed by atoms with Gasteiger partial charge in [0, 0.05) is 5.69 Å². The van der Waals surface area contributed by atoms with Crippen molar-refractivity contribution in [2.45, 2.75) is 71.3 Å². The molecule has 2 aromatic rings. The van der Waals surface area contributed by atoms with Gasteiger partial charge < -0.3 is 36.4 Å². The highest BCUT2D eigenvalue weighted by Gasteiger charge is 2.34. The van der Waals surface area contributed by atoms with Gasteiger partial charge in [-0.25, -0.2) is 9.59 Å². The Labute approximate surface area is 275 Å². The summed E-state index contributed by atoms with van der Waals surface area (Å²) >= 11 is 0. The fourth-order valence-corrected chi connectivity index (χ4v) is 4.50. The Morgan fingerprint density at radius 3 is 1.96 bits per heavy atom. The summed E-state index contributed by atoms with van der Waals surface area (Å²) in [5, 5.41) is 21.3. The van der Waals surface area contributed by atoms with Crippen molar-refractivity contribution < 1.29 is 51.8 Å². The number of aliphatic carboxylic acids is 1. The van der Waals surface area contributed by atoms with Crippen LogP contribution in [0.2, 0.25) is 0 Å². The molecule has 13 nitrogen and oxygen atoms in total. The Morgan fingerprint density at radius 2 is 1.42 bits per heavy atom. The van der Waals surface area contributed by atoms with Crippen molar-refractivity contribution in [1.29, 1.82) is 0 Å². The summed E-state index contributed by atoms with van der Waals surface area (Å²) in [6.45, 7) is 6.87. The molecule has 0 spiro atoms.